The molecule has 2 aliphatic heterocycles. The third kappa shape index (κ3) is 3.98. The largest absolute Gasteiger partial charge is 0.356 e. The molecule has 26 heavy (non-hydrogen) atoms. The van der Waals surface area contributed by atoms with Crippen molar-refractivity contribution in [2.45, 2.75) is 39.2 Å². The topological polar surface area (TPSA) is 45.4 Å². The summed E-state index contributed by atoms with van der Waals surface area (Å²) in [6.45, 7) is 8.59. The van der Waals surface area contributed by atoms with Gasteiger partial charge in [0.1, 0.15) is 5.82 Å². The van der Waals surface area contributed by atoms with Crippen LogP contribution >= 0.6 is 12.4 Å². The number of hydrogen-bond donors (Lipinski definition) is 1. The fourth-order valence-corrected chi connectivity index (χ4v) is 4.31. The van der Waals surface area contributed by atoms with Crippen LogP contribution in [0, 0.1) is 5.41 Å². The highest BCUT2D eigenvalue weighted by Crippen LogP contribution is 2.32. The van der Waals surface area contributed by atoms with Crippen LogP contribution in [-0.2, 0) is 6.54 Å². The molecule has 1 atom stereocenters. The van der Waals surface area contributed by atoms with Gasteiger partial charge in [-0.25, -0.2) is 4.98 Å². The van der Waals surface area contributed by atoms with Gasteiger partial charge >= 0.3 is 0 Å². The van der Waals surface area contributed by atoms with Gasteiger partial charge in [0.15, 0.2) is 0 Å². The lowest BCUT2D eigenvalue weighted by Gasteiger charge is -2.31. The predicted molar refractivity (Wildman–Crippen MR) is 112 cm³/mol. The summed E-state index contributed by atoms with van der Waals surface area (Å²) in [5.74, 6) is 1.21. The fraction of sp³-hybridized carbons (Fsp3) is 0.571. The highest BCUT2D eigenvalue weighted by atomic mass is 35.5. The molecule has 4 nitrogen and oxygen atoms in total. The number of nitrogens with two attached hydrogens (primary N) is 1. The van der Waals surface area contributed by atoms with E-state index in [1.807, 2.05) is 0 Å². The summed E-state index contributed by atoms with van der Waals surface area (Å²) in [6.07, 6.45) is 5.11. The normalized spacial score (nSPS) is 24.0. The second kappa shape index (κ2) is 8.12. The molecule has 3 heterocycles. The summed E-state index contributed by atoms with van der Waals surface area (Å²) in [4.78, 5) is 10.1. The maximum absolute atomic E-state index is 6.00. The van der Waals surface area contributed by atoms with Crippen molar-refractivity contribution in [3.05, 3.63) is 35.9 Å². The molecule has 2 aromatic rings. The molecule has 0 amide bonds. The van der Waals surface area contributed by atoms with Gasteiger partial charge in [0.05, 0.1) is 5.52 Å². The average molecular weight is 375 g/mol. The van der Waals surface area contributed by atoms with Crippen LogP contribution in [0.4, 0.5) is 5.82 Å². The summed E-state index contributed by atoms with van der Waals surface area (Å²) >= 11 is 0. The Hall–Kier alpha value is -1.36. The Labute approximate surface area is 163 Å². The molecule has 1 unspecified atom stereocenters. The van der Waals surface area contributed by atoms with E-state index in [1.165, 1.54) is 42.5 Å². The maximum Gasteiger partial charge on any atom is 0.133 e. The van der Waals surface area contributed by atoms with Crippen molar-refractivity contribution in [3.63, 3.8) is 0 Å². The van der Waals surface area contributed by atoms with Crippen LogP contribution in [-0.4, -0.2) is 42.6 Å². The molecule has 1 aromatic heterocycles. The summed E-state index contributed by atoms with van der Waals surface area (Å²) in [5.41, 5.74) is 8.76. The van der Waals surface area contributed by atoms with E-state index in [0.29, 0.717) is 0 Å². The molecule has 2 aliphatic rings. The summed E-state index contributed by atoms with van der Waals surface area (Å²) in [7, 11) is 0. The zero-order valence-corrected chi connectivity index (χ0v) is 16.6. The molecule has 5 heteroatoms. The van der Waals surface area contributed by atoms with Crippen molar-refractivity contribution in [2.24, 2.45) is 11.1 Å². The standard InChI is InChI=1S/C21H30N4.ClH/c1-21(15-22)9-12-24(16-21)14-18-13-17-7-3-4-8-19(17)23-20(18)25-10-5-2-6-11-25;/h3-4,7-8,13H,2,5-6,9-12,14-16,22H2,1H3;1H. The molecule has 4 rings (SSSR count). The number of halogens is 1. The third-order valence-corrected chi connectivity index (χ3v) is 5.96. The number of pyridine rings is 1. The number of para-hydroxylation sites is 1. The van der Waals surface area contributed by atoms with Crippen LogP contribution < -0.4 is 10.6 Å². The second-order valence-electron chi connectivity index (χ2n) is 8.19. The molecular weight excluding hydrogens is 344 g/mol. The first kappa shape index (κ1) is 19.4. The van der Waals surface area contributed by atoms with Gasteiger partial charge < -0.3 is 10.6 Å². The van der Waals surface area contributed by atoms with Crippen molar-refractivity contribution in [1.29, 1.82) is 0 Å². The van der Waals surface area contributed by atoms with Gasteiger partial charge in [-0.05, 0) is 56.3 Å². The number of likely N-dealkylation sites (tertiary alicyclic amines) is 1. The first-order valence-corrected chi connectivity index (χ1v) is 9.73. The molecule has 142 valence electrons. The van der Waals surface area contributed by atoms with E-state index in [1.54, 1.807) is 0 Å². The number of aromatic nitrogens is 1. The van der Waals surface area contributed by atoms with Crippen molar-refractivity contribution in [3.8, 4) is 0 Å². The van der Waals surface area contributed by atoms with Gasteiger partial charge in [-0.1, -0.05) is 25.1 Å². The first-order valence-electron chi connectivity index (χ1n) is 9.73. The summed E-state index contributed by atoms with van der Waals surface area (Å²) < 4.78 is 0. The molecule has 1 aromatic carbocycles. The number of nitrogens with zero attached hydrogens (tertiary/aromatic N) is 3. The van der Waals surface area contributed by atoms with Crippen LogP contribution in [0.25, 0.3) is 10.9 Å². The van der Waals surface area contributed by atoms with Crippen LogP contribution in [0.15, 0.2) is 30.3 Å². The van der Waals surface area contributed by atoms with Gasteiger partial charge in [-0.3, -0.25) is 4.90 Å². The van der Waals surface area contributed by atoms with Gasteiger partial charge in [0.25, 0.3) is 0 Å². The Morgan fingerprint density at radius 3 is 2.62 bits per heavy atom. The molecule has 0 bridgehead atoms. The Morgan fingerprint density at radius 2 is 1.88 bits per heavy atom. The average Bonchev–Trinajstić information content (AvgIpc) is 3.03. The number of hydrogen-bond acceptors (Lipinski definition) is 4. The highest BCUT2D eigenvalue weighted by Gasteiger charge is 2.33. The molecule has 2 saturated heterocycles. The molecule has 0 radical (unpaired) electrons. The second-order valence-corrected chi connectivity index (χ2v) is 8.19. The lowest BCUT2D eigenvalue weighted by atomic mass is 9.90. The van der Waals surface area contributed by atoms with Gasteiger partial charge in [-0.2, -0.15) is 0 Å². The Kier molecular flexibility index (Phi) is 6.06. The Bertz CT molecular complexity index is 744. The minimum Gasteiger partial charge on any atom is -0.356 e. The Balaban J connectivity index is 0.00000196. The third-order valence-electron chi connectivity index (χ3n) is 5.96. The summed E-state index contributed by atoms with van der Waals surface area (Å²) in [6, 6.07) is 10.9. The van der Waals surface area contributed by atoms with Gasteiger partial charge in [0.2, 0.25) is 0 Å². The number of fused-ring (bicyclic) bond motifs is 1. The molecule has 2 fully saturated rings. The fourth-order valence-electron chi connectivity index (χ4n) is 4.31. The monoisotopic (exact) mass is 374 g/mol. The van der Waals surface area contributed by atoms with E-state index in [9.17, 15) is 0 Å². The van der Waals surface area contributed by atoms with E-state index in [0.717, 1.165) is 44.8 Å². The van der Waals surface area contributed by atoms with E-state index >= 15 is 0 Å². The van der Waals surface area contributed by atoms with Crippen molar-refractivity contribution >= 4 is 29.1 Å². The minimum atomic E-state index is 0. The van der Waals surface area contributed by atoms with E-state index in [2.05, 4.69) is 47.1 Å². The SMILES string of the molecule is CC1(CN)CCN(Cc2cc3ccccc3nc2N2CCCCC2)C1.Cl. The zero-order chi connectivity index (χ0) is 17.3. The molecule has 2 N–H and O–H groups in total. The van der Waals surface area contributed by atoms with E-state index in [4.69, 9.17) is 10.7 Å². The van der Waals surface area contributed by atoms with Crippen molar-refractivity contribution in [2.75, 3.05) is 37.6 Å². The minimum absolute atomic E-state index is 0. The van der Waals surface area contributed by atoms with E-state index in [-0.39, 0.29) is 17.8 Å². The first-order chi connectivity index (χ1) is 12.2. The molecular formula is C21H31ClN4. The number of piperidine rings is 1. The predicted octanol–water partition coefficient (Wildman–Crippen LogP) is 3.82. The maximum atomic E-state index is 6.00. The van der Waals surface area contributed by atoms with Crippen LogP contribution in [0.3, 0.4) is 0 Å². The molecule has 0 spiro atoms. The number of rotatable bonds is 4. The Morgan fingerprint density at radius 1 is 1.12 bits per heavy atom. The smallest absolute Gasteiger partial charge is 0.133 e. The summed E-state index contributed by atoms with van der Waals surface area (Å²) in [5, 5.41) is 1.25. The van der Waals surface area contributed by atoms with Crippen LogP contribution in [0.1, 0.15) is 38.2 Å². The highest BCUT2D eigenvalue weighted by molar-refractivity contribution is 5.85. The van der Waals surface area contributed by atoms with Crippen molar-refractivity contribution in [1.82, 2.24) is 9.88 Å². The van der Waals surface area contributed by atoms with Gasteiger partial charge in [0, 0.05) is 37.1 Å². The lowest BCUT2D eigenvalue weighted by Crippen LogP contribution is -2.33. The number of anilines is 1. The molecule has 0 saturated carbocycles. The lowest BCUT2D eigenvalue weighted by molar-refractivity contribution is 0.274. The van der Waals surface area contributed by atoms with Crippen LogP contribution in [0.5, 0.6) is 0 Å². The van der Waals surface area contributed by atoms with Gasteiger partial charge in [-0.15, -0.1) is 12.4 Å². The van der Waals surface area contributed by atoms with E-state index < -0.39 is 0 Å². The zero-order valence-electron chi connectivity index (χ0n) is 15.8. The quantitative estimate of drug-likeness (QED) is 0.883. The van der Waals surface area contributed by atoms with Crippen LogP contribution in [0.2, 0.25) is 0 Å². The van der Waals surface area contributed by atoms with Crippen molar-refractivity contribution < 1.29 is 0 Å². The number of benzene rings is 1. The molecule has 0 aliphatic carbocycles.